The van der Waals surface area contributed by atoms with Crippen molar-refractivity contribution >= 4 is 27.7 Å². The number of likely N-dealkylation sites (tertiary alicyclic amines) is 1. The van der Waals surface area contributed by atoms with Crippen molar-refractivity contribution in [1.29, 1.82) is 0 Å². The van der Waals surface area contributed by atoms with Crippen LogP contribution in [0.3, 0.4) is 0 Å². The minimum atomic E-state index is -0.610. The molecule has 3 rings (SSSR count). The van der Waals surface area contributed by atoms with E-state index in [1.165, 1.54) is 12.1 Å². The third-order valence-electron chi connectivity index (χ3n) is 4.58. The lowest BCUT2D eigenvalue weighted by Crippen LogP contribution is -2.35. The molecule has 1 aliphatic heterocycles. The number of carbonyl (C=O) groups is 2. The van der Waals surface area contributed by atoms with E-state index in [1.54, 1.807) is 41.3 Å². The van der Waals surface area contributed by atoms with E-state index in [0.717, 1.165) is 10.0 Å². The molecule has 27 heavy (non-hydrogen) atoms. The molecule has 0 saturated carbocycles. The topological polar surface area (TPSA) is 69.6 Å². The summed E-state index contributed by atoms with van der Waals surface area (Å²) >= 11 is 3.31. The lowest BCUT2D eigenvalue weighted by atomic mass is 10.0. The minimum Gasteiger partial charge on any atom is -0.391 e. The molecule has 0 aliphatic carbocycles. The fraction of sp³-hybridized carbons (Fsp3) is 0.300. The number of benzene rings is 2. The van der Waals surface area contributed by atoms with Crippen LogP contribution in [0, 0.1) is 5.82 Å². The molecule has 7 heteroatoms. The van der Waals surface area contributed by atoms with Crippen molar-refractivity contribution in [3.8, 4) is 0 Å². The molecule has 142 valence electrons. The number of hydrogen-bond acceptors (Lipinski definition) is 3. The van der Waals surface area contributed by atoms with E-state index in [9.17, 15) is 19.1 Å². The van der Waals surface area contributed by atoms with Crippen molar-refractivity contribution in [2.24, 2.45) is 0 Å². The van der Waals surface area contributed by atoms with E-state index < -0.39 is 6.10 Å². The van der Waals surface area contributed by atoms with Gasteiger partial charge in [0.2, 0.25) is 5.91 Å². The SMILES string of the molecule is O=C(NCCC(=O)N1CC(O)CC1c1ccc(F)cc1)c1ccc(Br)cc1. The van der Waals surface area contributed by atoms with E-state index in [0.29, 0.717) is 12.0 Å². The Morgan fingerprint density at radius 3 is 2.48 bits per heavy atom. The standard InChI is InChI=1S/C20H20BrFN2O3/c21-15-5-1-14(2-6-15)20(27)23-10-9-19(26)24-12-17(25)11-18(24)13-3-7-16(22)8-4-13/h1-8,17-18,25H,9-12H2,(H,23,27). The van der Waals surface area contributed by atoms with Gasteiger partial charge >= 0.3 is 0 Å². The highest BCUT2D eigenvalue weighted by Gasteiger charge is 2.34. The highest BCUT2D eigenvalue weighted by molar-refractivity contribution is 9.10. The van der Waals surface area contributed by atoms with Gasteiger partial charge in [0.15, 0.2) is 0 Å². The van der Waals surface area contributed by atoms with E-state index >= 15 is 0 Å². The summed E-state index contributed by atoms with van der Waals surface area (Å²) in [7, 11) is 0. The van der Waals surface area contributed by atoms with Crippen molar-refractivity contribution in [2.45, 2.75) is 25.0 Å². The first-order chi connectivity index (χ1) is 12.9. The van der Waals surface area contributed by atoms with Crippen molar-refractivity contribution < 1.29 is 19.1 Å². The molecule has 2 aromatic carbocycles. The highest BCUT2D eigenvalue weighted by atomic mass is 79.9. The fourth-order valence-electron chi connectivity index (χ4n) is 3.22. The Morgan fingerprint density at radius 2 is 1.81 bits per heavy atom. The zero-order valence-corrected chi connectivity index (χ0v) is 16.2. The molecule has 1 heterocycles. The van der Waals surface area contributed by atoms with Gasteiger partial charge < -0.3 is 15.3 Å². The lowest BCUT2D eigenvalue weighted by Gasteiger charge is -2.25. The number of hydrogen-bond donors (Lipinski definition) is 2. The molecule has 0 radical (unpaired) electrons. The number of β-amino-alcohol motifs (C(OH)–C–C–N with tert-alkyl or cyclic N) is 1. The summed E-state index contributed by atoms with van der Waals surface area (Å²) in [6, 6.07) is 12.6. The Labute approximate surface area is 165 Å². The van der Waals surface area contributed by atoms with Crippen LogP contribution in [0.25, 0.3) is 0 Å². The van der Waals surface area contributed by atoms with Crippen molar-refractivity contribution in [2.75, 3.05) is 13.1 Å². The third-order valence-corrected chi connectivity index (χ3v) is 5.11. The molecule has 5 nitrogen and oxygen atoms in total. The van der Waals surface area contributed by atoms with E-state index in [1.807, 2.05) is 0 Å². The summed E-state index contributed by atoms with van der Waals surface area (Å²) in [5.41, 5.74) is 1.31. The lowest BCUT2D eigenvalue weighted by molar-refractivity contribution is -0.132. The predicted molar refractivity (Wildman–Crippen MR) is 103 cm³/mol. The van der Waals surface area contributed by atoms with Crippen LogP contribution in [-0.4, -0.2) is 41.0 Å². The monoisotopic (exact) mass is 434 g/mol. The molecule has 0 bridgehead atoms. The molecule has 2 N–H and O–H groups in total. The summed E-state index contributed by atoms with van der Waals surface area (Å²) in [6.07, 6.45) is -0.0590. The van der Waals surface area contributed by atoms with Crippen LogP contribution in [0.2, 0.25) is 0 Å². The molecule has 2 amide bonds. The Kier molecular flexibility index (Phi) is 6.23. The van der Waals surface area contributed by atoms with Gasteiger partial charge in [0.1, 0.15) is 5.82 Å². The highest BCUT2D eigenvalue weighted by Crippen LogP contribution is 2.32. The van der Waals surface area contributed by atoms with E-state index in [4.69, 9.17) is 0 Å². The maximum Gasteiger partial charge on any atom is 0.251 e. The van der Waals surface area contributed by atoms with Gasteiger partial charge in [0.05, 0.1) is 12.1 Å². The Hall–Kier alpha value is -2.25. The van der Waals surface area contributed by atoms with Gasteiger partial charge in [-0.1, -0.05) is 28.1 Å². The van der Waals surface area contributed by atoms with Gasteiger partial charge in [-0.25, -0.2) is 4.39 Å². The Balaban J connectivity index is 1.56. The van der Waals surface area contributed by atoms with Crippen LogP contribution in [0.4, 0.5) is 4.39 Å². The molecule has 1 saturated heterocycles. The summed E-state index contributed by atoms with van der Waals surface area (Å²) in [6.45, 7) is 0.442. The number of nitrogens with one attached hydrogen (secondary N) is 1. The smallest absolute Gasteiger partial charge is 0.251 e. The number of rotatable bonds is 5. The van der Waals surface area contributed by atoms with Gasteiger partial charge in [-0.3, -0.25) is 9.59 Å². The zero-order valence-electron chi connectivity index (χ0n) is 14.6. The molecule has 2 atom stereocenters. The number of aliphatic hydroxyl groups is 1. The first-order valence-electron chi connectivity index (χ1n) is 8.71. The maximum atomic E-state index is 13.1. The van der Waals surface area contributed by atoms with Crippen LogP contribution < -0.4 is 5.32 Å². The number of carbonyl (C=O) groups excluding carboxylic acids is 2. The maximum absolute atomic E-state index is 13.1. The molecule has 2 aromatic rings. The molecule has 2 unspecified atom stereocenters. The normalized spacial score (nSPS) is 19.1. The molecular weight excluding hydrogens is 415 g/mol. The molecule has 0 spiro atoms. The van der Waals surface area contributed by atoms with Gasteiger partial charge in [0.25, 0.3) is 5.91 Å². The van der Waals surface area contributed by atoms with E-state index in [-0.39, 0.29) is 43.2 Å². The quantitative estimate of drug-likeness (QED) is 0.759. The summed E-state index contributed by atoms with van der Waals surface area (Å²) < 4.78 is 14.0. The first-order valence-corrected chi connectivity index (χ1v) is 9.50. The van der Waals surface area contributed by atoms with E-state index in [2.05, 4.69) is 21.2 Å². The molecule has 1 fully saturated rings. The summed E-state index contributed by atoms with van der Waals surface area (Å²) in [5, 5.41) is 12.7. The Bertz CT molecular complexity index is 811. The van der Waals surface area contributed by atoms with Crippen molar-refractivity contribution in [1.82, 2.24) is 10.2 Å². The van der Waals surface area contributed by atoms with Crippen LogP contribution in [0.1, 0.15) is 34.8 Å². The van der Waals surface area contributed by atoms with Gasteiger partial charge in [-0.05, 0) is 48.4 Å². The first kappa shape index (κ1) is 19.5. The largest absolute Gasteiger partial charge is 0.391 e. The van der Waals surface area contributed by atoms with Crippen molar-refractivity contribution in [3.05, 3.63) is 69.9 Å². The summed E-state index contributed by atoms with van der Waals surface area (Å²) in [5.74, 6) is -0.741. The third kappa shape index (κ3) is 4.93. The average molecular weight is 435 g/mol. The molecule has 1 aliphatic rings. The Morgan fingerprint density at radius 1 is 1.15 bits per heavy atom. The second-order valence-corrected chi connectivity index (χ2v) is 7.43. The molecule has 0 aromatic heterocycles. The van der Waals surface area contributed by atoms with Gasteiger partial charge in [-0.15, -0.1) is 0 Å². The van der Waals surface area contributed by atoms with Crippen LogP contribution in [0.5, 0.6) is 0 Å². The van der Waals surface area contributed by atoms with Crippen molar-refractivity contribution in [3.63, 3.8) is 0 Å². The average Bonchev–Trinajstić information content (AvgIpc) is 3.04. The number of halogens is 2. The van der Waals surface area contributed by atoms with Gasteiger partial charge in [0, 0.05) is 29.5 Å². The van der Waals surface area contributed by atoms with Crippen LogP contribution in [0.15, 0.2) is 53.0 Å². The predicted octanol–water partition coefficient (Wildman–Crippen LogP) is 3.04. The molecular formula is C20H20BrFN2O3. The summed E-state index contributed by atoms with van der Waals surface area (Å²) in [4.78, 5) is 26.3. The number of nitrogens with zero attached hydrogens (tertiary/aromatic N) is 1. The second kappa shape index (κ2) is 8.63. The number of amides is 2. The van der Waals surface area contributed by atoms with Crippen LogP contribution in [-0.2, 0) is 4.79 Å². The fourth-order valence-corrected chi connectivity index (χ4v) is 3.48. The second-order valence-electron chi connectivity index (χ2n) is 6.52. The number of aliphatic hydroxyl groups excluding tert-OH is 1. The van der Waals surface area contributed by atoms with Crippen LogP contribution >= 0.6 is 15.9 Å². The van der Waals surface area contributed by atoms with Gasteiger partial charge in [-0.2, -0.15) is 0 Å². The minimum absolute atomic E-state index is 0.132. The zero-order chi connectivity index (χ0) is 19.4.